The summed E-state index contributed by atoms with van der Waals surface area (Å²) in [7, 11) is 1.50. The Morgan fingerprint density at radius 2 is 1.88 bits per heavy atom. The van der Waals surface area contributed by atoms with Crippen molar-refractivity contribution in [2.45, 2.75) is 6.42 Å². The summed E-state index contributed by atoms with van der Waals surface area (Å²) in [4.78, 5) is 31.0. The molecule has 1 fully saturated rings. The molecule has 4 rings (SSSR count). The lowest BCUT2D eigenvalue weighted by atomic mass is 9.88. The maximum Gasteiger partial charge on any atom is 0.315 e. The Kier molecular flexibility index (Phi) is 6.51. The number of hydrogen-bond donors (Lipinski definition) is 1. The molecule has 1 N–H and O–H groups in total. The zero-order valence-corrected chi connectivity index (χ0v) is 18.8. The van der Waals surface area contributed by atoms with E-state index in [4.69, 9.17) is 21.1 Å². The number of aliphatic carboxylic acids is 1. The second-order valence-electron chi connectivity index (χ2n) is 7.94. The maximum atomic E-state index is 13.0. The molecule has 2 heterocycles. The number of aromatic nitrogens is 1. The van der Waals surface area contributed by atoms with E-state index in [-0.39, 0.29) is 19.1 Å². The molecule has 0 saturated carbocycles. The molecular weight excluding hydrogens is 444 g/mol. The maximum absolute atomic E-state index is 13.0. The highest BCUT2D eigenvalue weighted by Crippen LogP contribution is 2.34. The van der Waals surface area contributed by atoms with Crippen LogP contribution in [0.5, 0.6) is 11.5 Å². The quantitative estimate of drug-likeness (QED) is 0.555. The van der Waals surface area contributed by atoms with Gasteiger partial charge in [0.1, 0.15) is 23.5 Å². The van der Waals surface area contributed by atoms with Gasteiger partial charge >= 0.3 is 5.97 Å². The number of pyridine rings is 1. The molecule has 33 heavy (non-hydrogen) atoms. The summed E-state index contributed by atoms with van der Waals surface area (Å²) in [5, 5.41) is 10.5. The average Bonchev–Trinajstić information content (AvgIpc) is 3.29. The van der Waals surface area contributed by atoms with Gasteiger partial charge in [-0.1, -0.05) is 23.7 Å². The number of ether oxygens (including phenoxy) is 2. The van der Waals surface area contributed by atoms with E-state index in [2.05, 4.69) is 4.98 Å². The topological polar surface area (TPSA) is 89.0 Å². The highest BCUT2D eigenvalue weighted by molar-refractivity contribution is 6.30. The van der Waals surface area contributed by atoms with Gasteiger partial charge in [0, 0.05) is 24.8 Å². The fraction of sp³-hybridized carbons (Fsp3) is 0.240. The smallest absolute Gasteiger partial charge is 0.315 e. The van der Waals surface area contributed by atoms with E-state index < -0.39 is 11.4 Å². The van der Waals surface area contributed by atoms with Crippen molar-refractivity contribution in [3.8, 4) is 22.8 Å². The van der Waals surface area contributed by atoms with Crippen molar-refractivity contribution in [2.75, 3.05) is 26.8 Å². The molecule has 0 spiro atoms. The summed E-state index contributed by atoms with van der Waals surface area (Å²) in [6, 6.07) is 17.8. The minimum Gasteiger partial charge on any atom is -0.496 e. The first kappa shape index (κ1) is 22.6. The van der Waals surface area contributed by atoms with Crippen LogP contribution >= 0.6 is 11.6 Å². The molecule has 0 bridgehead atoms. The molecule has 1 atom stereocenters. The van der Waals surface area contributed by atoms with Gasteiger partial charge in [0.15, 0.2) is 0 Å². The molecule has 0 radical (unpaired) electrons. The molecule has 1 unspecified atom stereocenters. The van der Waals surface area contributed by atoms with Gasteiger partial charge in [-0.25, -0.2) is 0 Å². The Labute approximate surface area is 196 Å². The molecule has 1 aromatic heterocycles. The van der Waals surface area contributed by atoms with E-state index in [0.29, 0.717) is 35.1 Å². The first-order valence-corrected chi connectivity index (χ1v) is 10.8. The van der Waals surface area contributed by atoms with Crippen molar-refractivity contribution in [1.29, 1.82) is 0 Å². The molecule has 1 aliphatic heterocycles. The SMILES string of the molecule is COc1ccccc1C(=O)N1CCC(COc2ccc(-c3ccc(Cl)cn3)cc2)(C(=O)O)C1. The minimum absolute atomic E-state index is 0.0451. The summed E-state index contributed by atoms with van der Waals surface area (Å²) in [6.45, 7) is 0.344. The molecule has 3 aromatic rings. The number of likely N-dealkylation sites (tertiary alicyclic amines) is 1. The van der Waals surface area contributed by atoms with Gasteiger partial charge in [0.2, 0.25) is 0 Å². The summed E-state index contributed by atoms with van der Waals surface area (Å²) < 4.78 is 11.1. The first-order valence-electron chi connectivity index (χ1n) is 10.4. The van der Waals surface area contributed by atoms with Gasteiger partial charge in [0.05, 0.1) is 23.4 Å². The zero-order chi connectivity index (χ0) is 23.4. The molecule has 1 aliphatic rings. The fourth-order valence-electron chi connectivity index (χ4n) is 3.88. The van der Waals surface area contributed by atoms with E-state index in [1.54, 1.807) is 53.6 Å². The van der Waals surface area contributed by atoms with Crippen LogP contribution in [0.15, 0.2) is 66.9 Å². The third-order valence-electron chi connectivity index (χ3n) is 5.82. The normalized spacial score (nSPS) is 17.6. The third kappa shape index (κ3) is 4.78. The Bertz CT molecular complexity index is 1150. The van der Waals surface area contributed by atoms with Gasteiger partial charge in [-0.05, 0) is 55.0 Å². The van der Waals surface area contributed by atoms with Crippen LogP contribution in [0.25, 0.3) is 11.3 Å². The summed E-state index contributed by atoms with van der Waals surface area (Å²) in [5.74, 6) is -0.236. The largest absolute Gasteiger partial charge is 0.496 e. The number of amides is 1. The molecule has 7 nitrogen and oxygen atoms in total. The monoisotopic (exact) mass is 466 g/mol. The number of carbonyl (C=O) groups excluding carboxylic acids is 1. The number of benzene rings is 2. The van der Waals surface area contributed by atoms with Crippen LogP contribution in [0, 0.1) is 5.41 Å². The molecular formula is C25H23ClN2O5. The predicted molar refractivity (Wildman–Crippen MR) is 124 cm³/mol. The number of nitrogens with zero attached hydrogens (tertiary/aromatic N) is 2. The Morgan fingerprint density at radius 3 is 2.55 bits per heavy atom. The Balaban J connectivity index is 1.44. The second kappa shape index (κ2) is 9.50. The van der Waals surface area contributed by atoms with Crippen molar-refractivity contribution in [2.24, 2.45) is 5.41 Å². The standard InChI is InChI=1S/C25H23ClN2O5/c1-32-22-5-3-2-4-20(22)23(29)28-13-12-25(15-28,24(30)31)16-33-19-9-6-17(7-10-19)21-11-8-18(26)14-27-21/h2-11,14H,12-13,15-16H2,1H3,(H,30,31). The van der Waals surface area contributed by atoms with Crippen LogP contribution in [0.4, 0.5) is 0 Å². The van der Waals surface area contributed by atoms with Crippen molar-refractivity contribution in [3.63, 3.8) is 0 Å². The zero-order valence-electron chi connectivity index (χ0n) is 18.0. The van der Waals surface area contributed by atoms with Crippen molar-refractivity contribution in [3.05, 3.63) is 77.4 Å². The van der Waals surface area contributed by atoms with Gasteiger partial charge in [-0.3, -0.25) is 14.6 Å². The van der Waals surface area contributed by atoms with Crippen molar-refractivity contribution < 1.29 is 24.2 Å². The number of carbonyl (C=O) groups is 2. The second-order valence-corrected chi connectivity index (χ2v) is 8.37. The Morgan fingerprint density at radius 1 is 1.12 bits per heavy atom. The highest BCUT2D eigenvalue weighted by Gasteiger charge is 2.47. The first-order chi connectivity index (χ1) is 15.9. The van der Waals surface area contributed by atoms with Crippen LogP contribution in [-0.4, -0.2) is 53.7 Å². The molecule has 2 aromatic carbocycles. The van der Waals surface area contributed by atoms with Gasteiger partial charge in [0.25, 0.3) is 5.91 Å². The summed E-state index contributed by atoms with van der Waals surface area (Å²) in [5.41, 5.74) is 0.887. The lowest BCUT2D eigenvalue weighted by molar-refractivity contribution is -0.149. The van der Waals surface area contributed by atoms with E-state index >= 15 is 0 Å². The summed E-state index contributed by atoms with van der Waals surface area (Å²) in [6.07, 6.45) is 1.88. The lowest BCUT2D eigenvalue weighted by Gasteiger charge is -2.25. The molecule has 0 aliphatic carbocycles. The lowest BCUT2D eigenvalue weighted by Crippen LogP contribution is -2.41. The number of carboxylic acids is 1. The molecule has 1 saturated heterocycles. The predicted octanol–water partition coefficient (Wildman–Crippen LogP) is 4.41. The number of carboxylic acid groups (broad SMARTS) is 1. The van der Waals surface area contributed by atoms with Crippen LogP contribution in [0.3, 0.4) is 0 Å². The number of methoxy groups -OCH3 is 1. The third-order valence-corrected chi connectivity index (χ3v) is 6.05. The fourth-order valence-corrected chi connectivity index (χ4v) is 3.99. The Hall–Kier alpha value is -3.58. The van der Waals surface area contributed by atoms with Crippen LogP contribution < -0.4 is 9.47 Å². The van der Waals surface area contributed by atoms with Crippen LogP contribution in [0.1, 0.15) is 16.8 Å². The van der Waals surface area contributed by atoms with Gasteiger partial charge in [-0.15, -0.1) is 0 Å². The highest BCUT2D eigenvalue weighted by atomic mass is 35.5. The molecule has 1 amide bonds. The van der Waals surface area contributed by atoms with E-state index in [1.165, 1.54) is 7.11 Å². The van der Waals surface area contributed by atoms with E-state index in [0.717, 1.165) is 11.3 Å². The summed E-state index contributed by atoms with van der Waals surface area (Å²) >= 11 is 5.88. The van der Waals surface area contributed by atoms with Crippen LogP contribution in [-0.2, 0) is 4.79 Å². The minimum atomic E-state index is -1.19. The van der Waals surface area contributed by atoms with Crippen molar-refractivity contribution >= 4 is 23.5 Å². The van der Waals surface area contributed by atoms with E-state index in [9.17, 15) is 14.7 Å². The number of para-hydroxylation sites is 1. The van der Waals surface area contributed by atoms with Crippen LogP contribution in [0.2, 0.25) is 5.02 Å². The van der Waals surface area contributed by atoms with Crippen molar-refractivity contribution in [1.82, 2.24) is 9.88 Å². The molecule has 8 heteroatoms. The molecule has 170 valence electrons. The average molecular weight is 467 g/mol. The van der Waals surface area contributed by atoms with Gasteiger partial charge in [-0.2, -0.15) is 0 Å². The number of halogens is 1. The number of hydrogen-bond acceptors (Lipinski definition) is 5. The van der Waals surface area contributed by atoms with Gasteiger partial charge < -0.3 is 19.5 Å². The number of rotatable bonds is 7. The van der Waals surface area contributed by atoms with E-state index in [1.807, 2.05) is 18.2 Å².